The monoisotopic (exact) mass is 300 g/mol. The molecule has 0 fully saturated rings. The van der Waals surface area contributed by atoms with Crippen molar-refractivity contribution in [2.45, 2.75) is 6.42 Å². The van der Waals surface area contributed by atoms with Gasteiger partial charge in [-0.05, 0) is 23.8 Å². The van der Waals surface area contributed by atoms with Gasteiger partial charge < -0.3 is 10.6 Å². The van der Waals surface area contributed by atoms with Crippen molar-refractivity contribution < 1.29 is 4.79 Å². The van der Waals surface area contributed by atoms with Crippen molar-refractivity contribution >= 4 is 29.0 Å². The van der Waals surface area contributed by atoms with Crippen LogP contribution in [0.2, 0.25) is 5.02 Å². The lowest BCUT2D eigenvalue weighted by Gasteiger charge is -2.07. The van der Waals surface area contributed by atoms with Crippen LogP contribution in [0.4, 0.5) is 11.5 Å². The largest absolute Gasteiger partial charge is 0.372 e. The summed E-state index contributed by atoms with van der Waals surface area (Å²) in [6, 6.07) is 10.7. The Morgan fingerprint density at radius 2 is 2.10 bits per heavy atom. The van der Waals surface area contributed by atoms with Crippen LogP contribution in [0.15, 0.2) is 36.5 Å². The van der Waals surface area contributed by atoms with E-state index < -0.39 is 0 Å². The van der Waals surface area contributed by atoms with Crippen molar-refractivity contribution in [3.63, 3.8) is 0 Å². The standard InChI is InChI=1S/C15H13ClN4O/c1-18-14-13(16)8-11(9-19-14)15(21)20-12-4-2-10(3-5-12)6-7-17/h2-5,8-9H,6H2,1H3,(H,18,19)(H,20,21). The normalized spacial score (nSPS) is 9.76. The van der Waals surface area contributed by atoms with Gasteiger partial charge in [0.05, 0.1) is 23.1 Å². The molecule has 1 aromatic heterocycles. The molecule has 0 radical (unpaired) electrons. The van der Waals surface area contributed by atoms with E-state index in [9.17, 15) is 4.79 Å². The average Bonchev–Trinajstić information content (AvgIpc) is 2.49. The summed E-state index contributed by atoms with van der Waals surface area (Å²) < 4.78 is 0. The SMILES string of the molecule is CNc1ncc(C(=O)Nc2ccc(CC#N)cc2)cc1Cl. The first-order valence-corrected chi connectivity index (χ1v) is 6.62. The molecule has 0 unspecified atom stereocenters. The summed E-state index contributed by atoms with van der Waals surface area (Å²) in [5.74, 6) is 0.231. The fourth-order valence-electron chi connectivity index (χ4n) is 1.75. The number of carbonyl (C=O) groups is 1. The predicted octanol–water partition coefficient (Wildman–Crippen LogP) is 3.10. The van der Waals surface area contributed by atoms with Crippen molar-refractivity contribution in [3.05, 3.63) is 52.7 Å². The van der Waals surface area contributed by atoms with Crippen LogP contribution < -0.4 is 10.6 Å². The smallest absolute Gasteiger partial charge is 0.257 e. The number of benzene rings is 1. The third-order valence-electron chi connectivity index (χ3n) is 2.84. The van der Waals surface area contributed by atoms with Crippen LogP contribution in [-0.4, -0.2) is 17.9 Å². The zero-order valence-electron chi connectivity index (χ0n) is 11.4. The third-order valence-corrected chi connectivity index (χ3v) is 3.12. The highest BCUT2D eigenvalue weighted by Crippen LogP contribution is 2.20. The van der Waals surface area contributed by atoms with E-state index in [4.69, 9.17) is 16.9 Å². The summed E-state index contributed by atoms with van der Waals surface area (Å²) in [4.78, 5) is 16.2. The second kappa shape index (κ2) is 6.73. The van der Waals surface area contributed by atoms with Gasteiger partial charge in [-0.3, -0.25) is 4.79 Å². The summed E-state index contributed by atoms with van der Waals surface area (Å²) >= 11 is 6.00. The summed E-state index contributed by atoms with van der Waals surface area (Å²) in [5, 5.41) is 14.6. The van der Waals surface area contributed by atoms with E-state index in [0.29, 0.717) is 28.5 Å². The number of amides is 1. The Labute approximate surface area is 127 Å². The molecule has 0 bridgehead atoms. The molecule has 1 aromatic carbocycles. The summed E-state index contributed by atoms with van der Waals surface area (Å²) in [6.07, 6.45) is 1.80. The van der Waals surface area contributed by atoms with Crippen LogP contribution in [0.3, 0.4) is 0 Å². The van der Waals surface area contributed by atoms with E-state index in [1.165, 1.54) is 6.20 Å². The van der Waals surface area contributed by atoms with E-state index >= 15 is 0 Å². The fraction of sp³-hybridized carbons (Fsp3) is 0.133. The van der Waals surface area contributed by atoms with Gasteiger partial charge in [0.2, 0.25) is 0 Å². The molecule has 21 heavy (non-hydrogen) atoms. The summed E-state index contributed by atoms with van der Waals surface area (Å²) in [6.45, 7) is 0. The molecule has 0 spiro atoms. The maximum absolute atomic E-state index is 12.1. The molecule has 0 saturated heterocycles. The summed E-state index contributed by atoms with van der Waals surface area (Å²) in [5.41, 5.74) is 1.93. The van der Waals surface area contributed by atoms with E-state index in [2.05, 4.69) is 21.7 Å². The maximum atomic E-state index is 12.1. The third kappa shape index (κ3) is 3.71. The van der Waals surface area contributed by atoms with E-state index in [1.54, 1.807) is 37.4 Å². The molecule has 2 aromatic rings. The van der Waals surface area contributed by atoms with Crippen LogP contribution in [0, 0.1) is 11.3 Å². The molecule has 5 nitrogen and oxygen atoms in total. The lowest BCUT2D eigenvalue weighted by Crippen LogP contribution is -2.12. The van der Waals surface area contributed by atoms with Crippen molar-refractivity contribution in [1.29, 1.82) is 5.26 Å². The molecule has 0 aliphatic heterocycles. The Bertz CT molecular complexity index is 692. The molecule has 0 aliphatic rings. The minimum Gasteiger partial charge on any atom is -0.372 e. The Morgan fingerprint density at radius 3 is 2.67 bits per heavy atom. The van der Waals surface area contributed by atoms with Crippen LogP contribution in [0.5, 0.6) is 0 Å². The number of hydrogen-bond acceptors (Lipinski definition) is 4. The average molecular weight is 301 g/mol. The number of nitriles is 1. The molecule has 106 valence electrons. The highest BCUT2D eigenvalue weighted by Gasteiger charge is 2.09. The van der Waals surface area contributed by atoms with Gasteiger partial charge in [0.25, 0.3) is 5.91 Å². The quantitative estimate of drug-likeness (QED) is 0.909. The van der Waals surface area contributed by atoms with Gasteiger partial charge in [0.15, 0.2) is 0 Å². The number of nitrogens with zero attached hydrogens (tertiary/aromatic N) is 2. The van der Waals surface area contributed by atoms with Gasteiger partial charge >= 0.3 is 0 Å². The Hall–Kier alpha value is -2.58. The minimum absolute atomic E-state index is 0.292. The number of pyridine rings is 1. The zero-order valence-corrected chi connectivity index (χ0v) is 12.1. The number of nitrogens with one attached hydrogen (secondary N) is 2. The van der Waals surface area contributed by atoms with Crippen LogP contribution in [0.25, 0.3) is 0 Å². The predicted molar refractivity (Wildman–Crippen MR) is 82.5 cm³/mol. The number of aromatic nitrogens is 1. The molecule has 1 heterocycles. The summed E-state index contributed by atoms with van der Waals surface area (Å²) in [7, 11) is 1.71. The molecule has 1 amide bonds. The molecule has 0 saturated carbocycles. The lowest BCUT2D eigenvalue weighted by atomic mass is 10.1. The minimum atomic E-state index is -0.292. The molecule has 2 N–H and O–H groups in total. The van der Waals surface area contributed by atoms with Gasteiger partial charge in [-0.2, -0.15) is 5.26 Å². The van der Waals surface area contributed by atoms with Gasteiger partial charge in [-0.1, -0.05) is 23.7 Å². The maximum Gasteiger partial charge on any atom is 0.257 e. The molecule has 2 rings (SSSR count). The molecule has 6 heteroatoms. The van der Waals surface area contributed by atoms with E-state index in [1.807, 2.05) is 0 Å². The number of carbonyl (C=O) groups excluding carboxylic acids is 1. The van der Waals surface area contributed by atoms with Crippen molar-refractivity contribution in [2.24, 2.45) is 0 Å². The van der Waals surface area contributed by atoms with E-state index in [-0.39, 0.29) is 5.91 Å². The lowest BCUT2D eigenvalue weighted by molar-refractivity contribution is 0.102. The first-order chi connectivity index (χ1) is 10.1. The van der Waals surface area contributed by atoms with Gasteiger partial charge in [0, 0.05) is 18.9 Å². The fourth-order valence-corrected chi connectivity index (χ4v) is 2.01. The number of rotatable bonds is 4. The topological polar surface area (TPSA) is 77.8 Å². The highest BCUT2D eigenvalue weighted by molar-refractivity contribution is 6.33. The van der Waals surface area contributed by atoms with Crippen LogP contribution >= 0.6 is 11.6 Å². The van der Waals surface area contributed by atoms with Crippen molar-refractivity contribution in [3.8, 4) is 6.07 Å². The number of halogens is 1. The van der Waals surface area contributed by atoms with Gasteiger partial charge in [0.1, 0.15) is 5.82 Å². The van der Waals surface area contributed by atoms with Crippen molar-refractivity contribution in [1.82, 2.24) is 4.98 Å². The second-order valence-electron chi connectivity index (χ2n) is 4.29. The number of hydrogen-bond donors (Lipinski definition) is 2. The first-order valence-electron chi connectivity index (χ1n) is 6.24. The van der Waals surface area contributed by atoms with Gasteiger partial charge in [-0.25, -0.2) is 4.98 Å². The number of anilines is 2. The van der Waals surface area contributed by atoms with Gasteiger partial charge in [-0.15, -0.1) is 0 Å². The van der Waals surface area contributed by atoms with Crippen molar-refractivity contribution in [2.75, 3.05) is 17.7 Å². The highest BCUT2D eigenvalue weighted by atomic mass is 35.5. The van der Waals surface area contributed by atoms with Crippen LogP contribution in [0.1, 0.15) is 15.9 Å². The Morgan fingerprint density at radius 1 is 1.38 bits per heavy atom. The molecular weight excluding hydrogens is 288 g/mol. The first kappa shape index (κ1) is 14.8. The molecular formula is C15H13ClN4O. The van der Waals surface area contributed by atoms with Crippen LogP contribution in [-0.2, 0) is 6.42 Å². The molecule has 0 aliphatic carbocycles. The Kier molecular flexibility index (Phi) is 4.75. The second-order valence-corrected chi connectivity index (χ2v) is 4.70. The molecule has 0 atom stereocenters. The van der Waals surface area contributed by atoms with E-state index in [0.717, 1.165) is 5.56 Å². The zero-order chi connectivity index (χ0) is 15.2. The Balaban J connectivity index is 2.10.